The number of nitrogens with one attached hydrogen (secondary N) is 1. The maximum Gasteiger partial charge on any atom is 0.416 e. The molecule has 1 fully saturated rings. The number of hydrogen-bond donors (Lipinski definition) is 1. The topological polar surface area (TPSA) is 70.6 Å². The van der Waals surface area contributed by atoms with Crippen LogP contribution in [0.5, 0.6) is 5.75 Å². The van der Waals surface area contributed by atoms with Crippen LogP contribution < -0.4 is 19.9 Å². The number of carbonyl (C=O) groups is 1. The number of alkyl halides is 3. The van der Waals surface area contributed by atoms with Crippen LogP contribution in [0.2, 0.25) is 0 Å². The second-order valence-corrected chi connectivity index (χ2v) is 9.51. The lowest BCUT2D eigenvalue weighted by molar-refractivity contribution is -0.137. The molecule has 1 saturated heterocycles. The van der Waals surface area contributed by atoms with Crippen molar-refractivity contribution in [2.45, 2.75) is 25.9 Å². The molecule has 1 aliphatic carbocycles. The molecule has 0 radical (unpaired) electrons. The third-order valence-electron chi connectivity index (χ3n) is 6.78. The van der Waals surface area contributed by atoms with E-state index in [4.69, 9.17) is 14.7 Å². The van der Waals surface area contributed by atoms with Crippen LogP contribution >= 0.6 is 0 Å². The number of rotatable bonds is 5. The summed E-state index contributed by atoms with van der Waals surface area (Å²) in [4.78, 5) is 26.4. The van der Waals surface area contributed by atoms with Gasteiger partial charge in [0.1, 0.15) is 11.6 Å². The molecule has 2 heterocycles. The Labute approximate surface area is 213 Å². The number of Topliss-reactive ketones (excluding diaryl/α,β-unsaturated/α-hetero) is 1. The van der Waals surface area contributed by atoms with E-state index in [1.165, 1.54) is 12.1 Å². The summed E-state index contributed by atoms with van der Waals surface area (Å²) < 4.78 is 44.7. The number of ketones is 1. The molecular weight excluding hydrogens is 483 g/mol. The van der Waals surface area contributed by atoms with Crippen molar-refractivity contribution in [2.75, 3.05) is 48.4 Å². The van der Waals surface area contributed by atoms with Gasteiger partial charge in [0.2, 0.25) is 5.95 Å². The van der Waals surface area contributed by atoms with Gasteiger partial charge < -0.3 is 19.9 Å². The van der Waals surface area contributed by atoms with Crippen LogP contribution in [0.1, 0.15) is 35.0 Å². The van der Waals surface area contributed by atoms with Gasteiger partial charge in [-0.05, 0) is 54.8 Å². The highest BCUT2D eigenvalue weighted by Crippen LogP contribution is 2.34. The fourth-order valence-electron chi connectivity index (χ4n) is 4.84. The number of hydrogen-bond acceptors (Lipinski definition) is 7. The van der Waals surface area contributed by atoms with Crippen molar-refractivity contribution < 1.29 is 22.7 Å². The summed E-state index contributed by atoms with van der Waals surface area (Å²) >= 11 is 0. The molecule has 2 aromatic carbocycles. The van der Waals surface area contributed by atoms with Gasteiger partial charge in [-0.3, -0.25) is 4.79 Å². The predicted molar refractivity (Wildman–Crippen MR) is 136 cm³/mol. The Morgan fingerprint density at radius 2 is 1.68 bits per heavy atom. The van der Waals surface area contributed by atoms with Gasteiger partial charge >= 0.3 is 6.18 Å². The van der Waals surface area contributed by atoms with E-state index in [0.717, 1.165) is 23.2 Å². The lowest BCUT2D eigenvalue weighted by atomic mass is 9.87. The molecule has 5 rings (SSSR count). The number of anilines is 4. The number of nitrogens with zero attached hydrogens (tertiary/aromatic N) is 4. The van der Waals surface area contributed by atoms with Crippen LogP contribution in [0.25, 0.3) is 0 Å². The van der Waals surface area contributed by atoms with E-state index in [9.17, 15) is 18.0 Å². The van der Waals surface area contributed by atoms with Crippen molar-refractivity contribution in [3.8, 4) is 5.75 Å². The zero-order valence-corrected chi connectivity index (χ0v) is 20.7. The standard InChI is InChI=1S/C27H28F3N5O2/c1-17-14-22-24(23(36)15-17)25(31-19-6-8-21(37-2)9-7-19)33-26(32-22)35-12-10-34(11-13-35)20-5-3-4-18(16-20)27(28,29)30/h3-9,16-17H,10-15H2,1-2H3,(H,31,32,33). The van der Waals surface area contributed by atoms with Gasteiger partial charge in [0, 0.05) is 44.0 Å². The summed E-state index contributed by atoms with van der Waals surface area (Å²) in [6.45, 7) is 4.17. The number of fused-ring (bicyclic) bond motifs is 1. The summed E-state index contributed by atoms with van der Waals surface area (Å²) in [5, 5.41) is 3.29. The number of benzene rings is 2. The lowest BCUT2D eigenvalue weighted by Gasteiger charge is -2.37. The first-order valence-corrected chi connectivity index (χ1v) is 12.2. The Morgan fingerprint density at radius 1 is 0.973 bits per heavy atom. The molecule has 7 nitrogen and oxygen atoms in total. The average molecular weight is 512 g/mol. The van der Waals surface area contributed by atoms with Crippen molar-refractivity contribution in [1.29, 1.82) is 0 Å². The quantitative estimate of drug-likeness (QED) is 0.496. The van der Waals surface area contributed by atoms with E-state index in [1.54, 1.807) is 13.2 Å². The van der Waals surface area contributed by atoms with Crippen LogP contribution in [-0.4, -0.2) is 49.0 Å². The highest BCUT2D eigenvalue weighted by molar-refractivity contribution is 6.03. The molecule has 0 saturated carbocycles. The Bertz CT molecular complexity index is 1290. The van der Waals surface area contributed by atoms with Crippen LogP contribution in [0.3, 0.4) is 0 Å². The molecule has 37 heavy (non-hydrogen) atoms. The van der Waals surface area contributed by atoms with E-state index in [1.807, 2.05) is 41.0 Å². The Morgan fingerprint density at radius 3 is 2.35 bits per heavy atom. The van der Waals surface area contributed by atoms with Gasteiger partial charge in [-0.15, -0.1) is 0 Å². The summed E-state index contributed by atoms with van der Waals surface area (Å²) in [7, 11) is 1.60. The monoisotopic (exact) mass is 511 g/mol. The van der Waals surface area contributed by atoms with Gasteiger partial charge in [-0.2, -0.15) is 18.2 Å². The van der Waals surface area contributed by atoms with Gasteiger partial charge in [0.05, 0.1) is 23.9 Å². The van der Waals surface area contributed by atoms with Crippen LogP contribution in [-0.2, 0) is 12.6 Å². The number of methoxy groups -OCH3 is 1. The van der Waals surface area contributed by atoms with Crippen molar-refractivity contribution in [3.05, 3.63) is 65.4 Å². The molecule has 1 aliphatic heterocycles. The molecule has 1 N–H and O–H groups in total. The highest BCUT2D eigenvalue weighted by Gasteiger charge is 2.32. The number of halogens is 3. The molecule has 1 atom stereocenters. The number of piperazine rings is 1. The smallest absolute Gasteiger partial charge is 0.416 e. The van der Waals surface area contributed by atoms with Crippen molar-refractivity contribution in [3.63, 3.8) is 0 Å². The van der Waals surface area contributed by atoms with Gasteiger partial charge in [-0.1, -0.05) is 13.0 Å². The molecule has 194 valence electrons. The first-order valence-electron chi connectivity index (χ1n) is 12.2. The van der Waals surface area contributed by atoms with E-state index >= 15 is 0 Å². The normalized spacial score (nSPS) is 18.0. The Balaban J connectivity index is 1.39. The van der Waals surface area contributed by atoms with Crippen molar-refractivity contribution in [1.82, 2.24) is 9.97 Å². The molecule has 1 unspecified atom stereocenters. The third-order valence-corrected chi connectivity index (χ3v) is 6.78. The first-order chi connectivity index (χ1) is 17.7. The number of ether oxygens (including phenoxy) is 1. The zero-order chi connectivity index (χ0) is 26.2. The third kappa shape index (κ3) is 5.33. The highest BCUT2D eigenvalue weighted by atomic mass is 19.4. The minimum atomic E-state index is -4.38. The van der Waals surface area contributed by atoms with Crippen LogP contribution in [0.4, 0.5) is 36.3 Å². The molecule has 0 bridgehead atoms. The maximum absolute atomic E-state index is 13.2. The van der Waals surface area contributed by atoms with Gasteiger partial charge in [0.25, 0.3) is 0 Å². The Kier molecular flexibility index (Phi) is 6.66. The predicted octanol–water partition coefficient (Wildman–Crippen LogP) is 5.34. The van der Waals surface area contributed by atoms with Crippen molar-refractivity contribution >= 4 is 28.9 Å². The average Bonchev–Trinajstić information content (AvgIpc) is 2.88. The summed E-state index contributed by atoms with van der Waals surface area (Å²) in [6, 6.07) is 12.8. The molecule has 3 aromatic rings. The SMILES string of the molecule is COc1ccc(Nc2nc(N3CCN(c4cccc(C(F)(F)F)c4)CC3)nc3c2C(=O)CC(C)C3)cc1. The van der Waals surface area contributed by atoms with Crippen LogP contribution in [0.15, 0.2) is 48.5 Å². The minimum Gasteiger partial charge on any atom is -0.497 e. The molecular formula is C27H28F3N5O2. The van der Waals surface area contributed by atoms with Gasteiger partial charge in [0.15, 0.2) is 5.78 Å². The number of carbonyl (C=O) groups excluding carboxylic acids is 1. The maximum atomic E-state index is 13.2. The largest absolute Gasteiger partial charge is 0.497 e. The number of aromatic nitrogens is 2. The Hall–Kier alpha value is -3.82. The second kappa shape index (κ2) is 9.91. The van der Waals surface area contributed by atoms with Crippen molar-refractivity contribution in [2.24, 2.45) is 5.92 Å². The minimum absolute atomic E-state index is 0.0191. The van der Waals surface area contributed by atoms with E-state index in [0.29, 0.717) is 62.0 Å². The molecule has 0 amide bonds. The summed E-state index contributed by atoms with van der Waals surface area (Å²) in [5.74, 6) is 1.92. The van der Waals surface area contributed by atoms with Gasteiger partial charge in [-0.25, -0.2) is 4.98 Å². The molecule has 10 heteroatoms. The zero-order valence-electron chi connectivity index (χ0n) is 20.7. The fourth-order valence-corrected chi connectivity index (χ4v) is 4.84. The molecule has 2 aliphatic rings. The fraction of sp³-hybridized carbons (Fsp3) is 0.370. The lowest BCUT2D eigenvalue weighted by Crippen LogP contribution is -2.47. The first kappa shape index (κ1) is 24.9. The van der Waals surface area contributed by atoms with E-state index < -0.39 is 11.7 Å². The van der Waals surface area contributed by atoms with E-state index in [2.05, 4.69) is 5.32 Å². The molecule has 0 spiro atoms. The summed E-state index contributed by atoms with van der Waals surface area (Å²) in [5.41, 5.74) is 1.92. The molecule has 1 aromatic heterocycles. The summed E-state index contributed by atoms with van der Waals surface area (Å²) in [6.07, 6.45) is -3.25. The van der Waals surface area contributed by atoms with Crippen LogP contribution in [0, 0.1) is 5.92 Å². The second-order valence-electron chi connectivity index (χ2n) is 9.51. The van der Waals surface area contributed by atoms with E-state index in [-0.39, 0.29) is 11.7 Å².